The van der Waals surface area contributed by atoms with Crippen LogP contribution < -0.4 is 10.2 Å². The van der Waals surface area contributed by atoms with E-state index in [0.29, 0.717) is 6.04 Å². The number of likely N-dealkylation sites (tertiary alicyclic amines) is 1. The van der Waals surface area contributed by atoms with Crippen molar-refractivity contribution in [1.29, 1.82) is 0 Å². The summed E-state index contributed by atoms with van der Waals surface area (Å²) in [6.45, 7) is 4.76. The maximum absolute atomic E-state index is 4.57. The molecule has 0 radical (unpaired) electrons. The van der Waals surface area contributed by atoms with Crippen LogP contribution in [0, 0.1) is 0 Å². The first-order chi connectivity index (χ1) is 8.86. The Balaban J connectivity index is 1.67. The Morgan fingerprint density at radius 3 is 2.83 bits per heavy atom. The molecule has 0 bridgehead atoms. The molecular formula is C13H21N5. The third-order valence-corrected chi connectivity index (χ3v) is 4.02. The van der Waals surface area contributed by atoms with Crippen molar-refractivity contribution in [2.24, 2.45) is 0 Å². The fourth-order valence-electron chi connectivity index (χ4n) is 2.98. The molecule has 0 aromatic carbocycles. The van der Waals surface area contributed by atoms with Gasteiger partial charge in [0.15, 0.2) is 0 Å². The highest BCUT2D eigenvalue weighted by Gasteiger charge is 2.29. The van der Waals surface area contributed by atoms with Crippen molar-refractivity contribution in [3.8, 4) is 0 Å². The minimum Gasteiger partial charge on any atom is -0.372 e. The molecule has 18 heavy (non-hydrogen) atoms. The Morgan fingerprint density at radius 1 is 1.22 bits per heavy atom. The molecule has 5 heteroatoms. The topological polar surface area (TPSA) is 44.3 Å². The average Bonchev–Trinajstić information content (AvgIpc) is 3.09. The first-order valence-electron chi connectivity index (χ1n) is 6.85. The number of hydrogen-bond donors (Lipinski definition) is 1. The number of rotatable bonds is 3. The average molecular weight is 247 g/mol. The molecule has 2 aliphatic heterocycles. The van der Waals surface area contributed by atoms with Crippen molar-refractivity contribution in [3.05, 3.63) is 12.4 Å². The number of anilines is 2. The molecule has 2 saturated heterocycles. The molecule has 98 valence electrons. The van der Waals surface area contributed by atoms with Gasteiger partial charge in [0.05, 0.1) is 12.4 Å². The lowest BCUT2D eigenvalue weighted by atomic mass is 10.2. The summed E-state index contributed by atoms with van der Waals surface area (Å²) in [5.74, 6) is 1.85. The number of nitrogens with zero attached hydrogens (tertiary/aromatic N) is 4. The minimum absolute atomic E-state index is 0.715. The summed E-state index contributed by atoms with van der Waals surface area (Å²) in [5, 5.41) is 3.05. The van der Waals surface area contributed by atoms with Gasteiger partial charge in [-0.3, -0.25) is 9.88 Å². The molecule has 5 nitrogen and oxygen atoms in total. The quantitative estimate of drug-likeness (QED) is 0.869. The van der Waals surface area contributed by atoms with Crippen LogP contribution in [0.25, 0.3) is 0 Å². The summed E-state index contributed by atoms with van der Waals surface area (Å²) in [6, 6.07) is 0.715. The fourth-order valence-corrected chi connectivity index (χ4v) is 2.98. The van der Waals surface area contributed by atoms with E-state index in [9.17, 15) is 0 Å². The second kappa shape index (κ2) is 5.10. The van der Waals surface area contributed by atoms with Crippen LogP contribution in [-0.2, 0) is 0 Å². The molecule has 2 aliphatic rings. The van der Waals surface area contributed by atoms with Crippen LogP contribution in [0.5, 0.6) is 0 Å². The van der Waals surface area contributed by atoms with E-state index in [-0.39, 0.29) is 0 Å². The zero-order valence-electron chi connectivity index (χ0n) is 11.0. The Labute approximate surface area is 108 Å². The highest BCUT2D eigenvalue weighted by atomic mass is 15.3. The molecule has 0 aliphatic carbocycles. The smallest absolute Gasteiger partial charge is 0.149 e. The van der Waals surface area contributed by atoms with Crippen molar-refractivity contribution in [2.45, 2.75) is 25.3 Å². The Morgan fingerprint density at radius 2 is 2.06 bits per heavy atom. The van der Waals surface area contributed by atoms with Crippen molar-refractivity contribution < 1.29 is 0 Å². The van der Waals surface area contributed by atoms with Crippen LogP contribution >= 0.6 is 0 Å². The first kappa shape index (κ1) is 11.7. The number of nitrogens with one attached hydrogen (secondary N) is 1. The maximum atomic E-state index is 4.57. The zero-order valence-corrected chi connectivity index (χ0v) is 11.0. The molecule has 1 aromatic rings. The Bertz CT molecular complexity index is 402. The molecule has 1 atom stereocenters. The van der Waals surface area contributed by atoms with E-state index in [1.807, 2.05) is 13.2 Å². The number of hydrogen-bond acceptors (Lipinski definition) is 5. The molecule has 0 spiro atoms. The first-order valence-corrected chi connectivity index (χ1v) is 6.85. The molecule has 1 unspecified atom stereocenters. The fraction of sp³-hybridized carbons (Fsp3) is 0.692. The molecule has 2 fully saturated rings. The van der Waals surface area contributed by atoms with Gasteiger partial charge in [-0.1, -0.05) is 0 Å². The number of aromatic nitrogens is 2. The second-order valence-corrected chi connectivity index (χ2v) is 5.14. The third kappa shape index (κ3) is 2.27. The molecule has 3 rings (SSSR count). The van der Waals surface area contributed by atoms with E-state index in [2.05, 4.69) is 25.1 Å². The van der Waals surface area contributed by atoms with Crippen LogP contribution in [0.15, 0.2) is 12.4 Å². The Hall–Kier alpha value is -1.36. The van der Waals surface area contributed by atoms with Gasteiger partial charge in [-0.05, 0) is 32.4 Å². The molecule has 3 heterocycles. The van der Waals surface area contributed by atoms with Crippen LogP contribution in [0.3, 0.4) is 0 Å². The van der Waals surface area contributed by atoms with Gasteiger partial charge in [0.1, 0.15) is 11.6 Å². The third-order valence-electron chi connectivity index (χ3n) is 4.02. The standard InChI is InChI=1S/C13H21N5/c1-14-12-8-15-9-13(16-12)18-7-4-11(10-18)17-5-2-3-6-17/h8-9,11H,2-7,10H2,1H3,(H,14,16). The summed E-state index contributed by atoms with van der Waals surface area (Å²) < 4.78 is 0. The van der Waals surface area contributed by atoms with Gasteiger partial charge in [-0.2, -0.15) is 0 Å². The van der Waals surface area contributed by atoms with Gasteiger partial charge in [0.2, 0.25) is 0 Å². The minimum atomic E-state index is 0.715. The highest BCUT2D eigenvalue weighted by Crippen LogP contribution is 2.24. The molecule has 1 N–H and O–H groups in total. The van der Waals surface area contributed by atoms with Crippen molar-refractivity contribution in [3.63, 3.8) is 0 Å². The van der Waals surface area contributed by atoms with E-state index < -0.39 is 0 Å². The van der Waals surface area contributed by atoms with Gasteiger partial charge >= 0.3 is 0 Å². The van der Waals surface area contributed by atoms with Gasteiger partial charge in [0, 0.05) is 26.2 Å². The van der Waals surface area contributed by atoms with E-state index >= 15 is 0 Å². The molecule has 0 amide bonds. The predicted octanol–water partition coefficient (Wildman–Crippen LogP) is 1.19. The second-order valence-electron chi connectivity index (χ2n) is 5.14. The normalized spacial score (nSPS) is 24.7. The summed E-state index contributed by atoms with van der Waals surface area (Å²) in [5.41, 5.74) is 0. The lowest BCUT2D eigenvalue weighted by molar-refractivity contribution is 0.260. The summed E-state index contributed by atoms with van der Waals surface area (Å²) in [6.07, 6.45) is 7.62. The highest BCUT2D eigenvalue weighted by molar-refractivity contribution is 5.44. The SMILES string of the molecule is CNc1cncc(N2CCC(N3CCCC3)C2)n1. The van der Waals surface area contributed by atoms with Crippen LogP contribution in [0.2, 0.25) is 0 Å². The van der Waals surface area contributed by atoms with Crippen LogP contribution in [-0.4, -0.2) is 54.1 Å². The summed E-state index contributed by atoms with van der Waals surface area (Å²) in [4.78, 5) is 13.8. The van der Waals surface area contributed by atoms with Crippen molar-refractivity contribution in [2.75, 3.05) is 43.4 Å². The summed E-state index contributed by atoms with van der Waals surface area (Å²) >= 11 is 0. The molecular weight excluding hydrogens is 226 g/mol. The van der Waals surface area contributed by atoms with E-state index in [1.54, 1.807) is 6.20 Å². The van der Waals surface area contributed by atoms with Crippen LogP contribution in [0.4, 0.5) is 11.6 Å². The lowest BCUT2D eigenvalue weighted by Crippen LogP contribution is -2.35. The summed E-state index contributed by atoms with van der Waals surface area (Å²) in [7, 11) is 1.88. The largest absolute Gasteiger partial charge is 0.372 e. The van der Waals surface area contributed by atoms with Crippen molar-refractivity contribution in [1.82, 2.24) is 14.9 Å². The molecule has 1 aromatic heterocycles. The monoisotopic (exact) mass is 247 g/mol. The predicted molar refractivity (Wildman–Crippen MR) is 73.0 cm³/mol. The van der Waals surface area contributed by atoms with Gasteiger partial charge in [-0.15, -0.1) is 0 Å². The van der Waals surface area contributed by atoms with Gasteiger partial charge in [-0.25, -0.2) is 4.98 Å². The van der Waals surface area contributed by atoms with E-state index in [1.165, 1.54) is 32.4 Å². The van der Waals surface area contributed by atoms with Crippen LogP contribution in [0.1, 0.15) is 19.3 Å². The molecule has 0 saturated carbocycles. The zero-order chi connectivity index (χ0) is 12.4. The maximum Gasteiger partial charge on any atom is 0.149 e. The van der Waals surface area contributed by atoms with E-state index in [4.69, 9.17) is 0 Å². The van der Waals surface area contributed by atoms with Crippen molar-refractivity contribution >= 4 is 11.6 Å². The van der Waals surface area contributed by atoms with E-state index in [0.717, 1.165) is 24.7 Å². The Kier molecular flexibility index (Phi) is 3.32. The van der Waals surface area contributed by atoms with Gasteiger partial charge in [0.25, 0.3) is 0 Å². The van der Waals surface area contributed by atoms with Gasteiger partial charge < -0.3 is 10.2 Å². The lowest BCUT2D eigenvalue weighted by Gasteiger charge is -2.24.